The van der Waals surface area contributed by atoms with Crippen molar-refractivity contribution < 1.29 is 4.79 Å². The molecule has 0 spiro atoms. The molecule has 92 valence electrons. The minimum Gasteiger partial charge on any atom is -0.333 e. The third-order valence-electron chi connectivity index (χ3n) is 3.03. The van der Waals surface area contributed by atoms with Gasteiger partial charge in [0.15, 0.2) is 0 Å². The molecule has 1 aliphatic heterocycles. The van der Waals surface area contributed by atoms with E-state index in [0.717, 1.165) is 6.54 Å². The van der Waals surface area contributed by atoms with Gasteiger partial charge in [-0.2, -0.15) is 0 Å². The van der Waals surface area contributed by atoms with Crippen LogP contribution in [0.5, 0.6) is 0 Å². The van der Waals surface area contributed by atoms with Crippen LogP contribution in [0.4, 0.5) is 0 Å². The highest BCUT2D eigenvalue weighted by atomic mass is 35.5. The number of nitrogens with one attached hydrogen (secondary N) is 1. The standard InChI is InChI=1S/C12H16ClN3O/c1-8-7-16(9(2)5-15-8)12(17)10-3-4-14-6-11(10)13/h3-4,6,8-9,15H,5,7H2,1-2H3. The van der Waals surface area contributed by atoms with Gasteiger partial charge >= 0.3 is 0 Å². The molecule has 2 heterocycles. The Kier molecular flexibility index (Phi) is 3.64. The van der Waals surface area contributed by atoms with Crippen LogP contribution in [-0.2, 0) is 0 Å². The van der Waals surface area contributed by atoms with E-state index in [1.165, 1.54) is 6.20 Å². The summed E-state index contributed by atoms with van der Waals surface area (Å²) in [5.74, 6) is -0.0155. The van der Waals surface area contributed by atoms with Crippen molar-refractivity contribution in [1.82, 2.24) is 15.2 Å². The monoisotopic (exact) mass is 253 g/mol. The van der Waals surface area contributed by atoms with Crippen molar-refractivity contribution in [3.8, 4) is 0 Å². The average Bonchev–Trinajstić information content (AvgIpc) is 2.32. The van der Waals surface area contributed by atoms with Gasteiger partial charge in [0.1, 0.15) is 0 Å². The maximum atomic E-state index is 12.4. The van der Waals surface area contributed by atoms with Crippen LogP contribution in [0, 0.1) is 0 Å². The predicted molar refractivity (Wildman–Crippen MR) is 67.2 cm³/mol. The largest absolute Gasteiger partial charge is 0.333 e. The van der Waals surface area contributed by atoms with E-state index >= 15 is 0 Å². The molecule has 1 aliphatic rings. The fourth-order valence-corrected chi connectivity index (χ4v) is 2.21. The third-order valence-corrected chi connectivity index (χ3v) is 3.33. The van der Waals surface area contributed by atoms with Gasteiger partial charge in [-0.15, -0.1) is 0 Å². The van der Waals surface area contributed by atoms with Crippen LogP contribution < -0.4 is 5.32 Å². The lowest BCUT2D eigenvalue weighted by atomic mass is 10.1. The Bertz CT molecular complexity index is 424. The smallest absolute Gasteiger partial charge is 0.255 e. The first-order valence-electron chi connectivity index (χ1n) is 5.73. The molecule has 1 fully saturated rings. The molecule has 0 aromatic carbocycles. The normalized spacial score (nSPS) is 24.8. The van der Waals surface area contributed by atoms with E-state index in [-0.39, 0.29) is 11.9 Å². The van der Waals surface area contributed by atoms with Crippen LogP contribution >= 0.6 is 11.6 Å². The number of rotatable bonds is 1. The summed E-state index contributed by atoms with van der Waals surface area (Å²) in [6, 6.07) is 2.17. The van der Waals surface area contributed by atoms with Crippen LogP contribution in [0.15, 0.2) is 18.5 Å². The van der Waals surface area contributed by atoms with Gasteiger partial charge in [-0.3, -0.25) is 9.78 Å². The van der Waals surface area contributed by atoms with Crippen LogP contribution in [0.3, 0.4) is 0 Å². The molecule has 1 aromatic heterocycles. The predicted octanol–water partition coefficient (Wildman–Crippen LogP) is 1.56. The fourth-order valence-electron chi connectivity index (χ4n) is 2.01. The van der Waals surface area contributed by atoms with Crippen molar-refractivity contribution in [1.29, 1.82) is 0 Å². The summed E-state index contributed by atoms with van der Waals surface area (Å²) in [6.07, 6.45) is 3.10. The van der Waals surface area contributed by atoms with Crippen LogP contribution in [0.25, 0.3) is 0 Å². The van der Waals surface area contributed by atoms with Gasteiger partial charge in [0.25, 0.3) is 5.91 Å². The summed E-state index contributed by atoms with van der Waals surface area (Å²) < 4.78 is 0. The van der Waals surface area contributed by atoms with E-state index in [9.17, 15) is 4.79 Å². The molecule has 2 rings (SSSR count). The molecule has 2 atom stereocenters. The van der Waals surface area contributed by atoms with Gasteiger partial charge in [0, 0.05) is 37.6 Å². The minimum absolute atomic E-state index is 0.0155. The quantitative estimate of drug-likeness (QED) is 0.826. The maximum absolute atomic E-state index is 12.4. The number of pyridine rings is 1. The molecule has 0 bridgehead atoms. The highest BCUT2D eigenvalue weighted by Crippen LogP contribution is 2.18. The van der Waals surface area contributed by atoms with Gasteiger partial charge in [0.05, 0.1) is 10.6 Å². The molecule has 2 unspecified atom stereocenters. The molecular weight excluding hydrogens is 238 g/mol. The first kappa shape index (κ1) is 12.3. The Balaban J connectivity index is 2.22. The fraction of sp³-hybridized carbons (Fsp3) is 0.500. The minimum atomic E-state index is -0.0155. The Morgan fingerprint density at radius 3 is 3.06 bits per heavy atom. The van der Waals surface area contributed by atoms with E-state index in [2.05, 4.69) is 17.2 Å². The zero-order chi connectivity index (χ0) is 12.4. The highest BCUT2D eigenvalue weighted by molar-refractivity contribution is 6.33. The topological polar surface area (TPSA) is 45.2 Å². The summed E-state index contributed by atoms with van der Waals surface area (Å²) in [7, 11) is 0. The van der Waals surface area contributed by atoms with Crippen molar-refractivity contribution in [3.05, 3.63) is 29.0 Å². The zero-order valence-corrected chi connectivity index (χ0v) is 10.7. The van der Waals surface area contributed by atoms with Gasteiger partial charge in [-0.05, 0) is 19.9 Å². The van der Waals surface area contributed by atoms with Gasteiger partial charge in [-0.25, -0.2) is 0 Å². The van der Waals surface area contributed by atoms with Crippen LogP contribution in [0.2, 0.25) is 5.02 Å². The van der Waals surface area contributed by atoms with E-state index in [4.69, 9.17) is 11.6 Å². The Labute approximate surface area is 106 Å². The molecule has 1 aromatic rings. The lowest BCUT2D eigenvalue weighted by molar-refractivity contribution is 0.0616. The Hall–Kier alpha value is -1.13. The number of hydrogen-bond acceptors (Lipinski definition) is 3. The van der Waals surface area contributed by atoms with Crippen molar-refractivity contribution in [3.63, 3.8) is 0 Å². The Morgan fingerprint density at radius 1 is 1.59 bits per heavy atom. The summed E-state index contributed by atoms with van der Waals surface area (Å²) in [5, 5.41) is 3.76. The van der Waals surface area contributed by atoms with Gasteiger partial charge < -0.3 is 10.2 Å². The molecule has 0 radical (unpaired) electrons. The molecular formula is C12H16ClN3O. The number of halogens is 1. The highest BCUT2D eigenvalue weighted by Gasteiger charge is 2.28. The summed E-state index contributed by atoms with van der Waals surface area (Å²) in [4.78, 5) is 18.1. The SMILES string of the molecule is CC1CN(C(=O)c2ccncc2Cl)C(C)CN1. The number of carbonyl (C=O) groups is 1. The maximum Gasteiger partial charge on any atom is 0.255 e. The molecule has 5 heteroatoms. The molecule has 17 heavy (non-hydrogen) atoms. The van der Waals surface area contributed by atoms with E-state index in [0.29, 0.717) is 23.2 Å². The summed E-state index contributed by atoms with van der Waals surface area (Å²) >= 11 is 6.00. The van der Waals surface area contributed by atoms with Gasteiger partial charge in [-0.1, -0.05) is 11.6 Å². The van der Waals surface area contributed by atoms with Crippen LogP contribution in [-0.4, -0.2) is 41.0 Å². The molecule has 1 amide bonds. The number of aromatic nitrogens is 1. The zero-order valence-electron chi connectivity index (χ0n) is 9.98. The summed E-state index contributed by atoms with van der Waals surface area (Å²) in [6.45, 7) is 5.63. The van der Waals surface area contributed by atoms with Crippen molar-refractivity contribution in [2.75, 3.05) is 13.1 Å². The van der Waals surface area contributed by atoms with Crippen LogP contribution in [0.1, 0.15) is 24.2 Å². The lowest BCUT2D eigenvalue weighted by Crippen LogP contribution is -2.56. The number of hydrogen-bond donors (Lipinski definition) is 1. The first-order valence-corrected chi connectivity index (χ1v) is 6.11. The molecule has 4 nitrogen and oxygen atoms in total. The molecule has 1 N–H and O–H groups in total. The number of piperazine rings is 1. The number of nitrogens with zero attached hydrogens (tertiary/aromatic N) is 2. The Morgan fingerprint density at radius 2 is 2.35 bits per heavy atom. The van der Waals surface area contributed by atoms with E-state index in [1.54, 1.807) is 12.3 Å². The third kappa shape index (κ3) is 2.58. The van der Waals surface area contributed by atoms with Gasteiger partial charge in [0.2, 0.25) is 0 Å². The number of carbonyl (C=O) groups excluding carboxylic acids is 1. The second-order valence-electron chi connectivity index (χ2n) is 4.47. The second kappa shape index (κ2) is 5.02. The van der Waals surface area contributed by atoms with Crippen molar-refractivity contribution >= 4 is 17.5 Å². The average molecular weight is 254 g/mol. The van der Waals surface area contributed by atoms with Crippen molar-refractivity contribution in [2.45, 2.75) is 25.9 Å². The van der Waals surface area contributed by atoms with Crippen molar-refractivity contribution in [2.24, 2.45) is 0 Å². The lowest BCUT2D eigenvalue weighted by Gasteiger charge is -2.37. The molecule has 0 aliphatic carbocycles. The molecule has 1 saturated heterocycles. The van der Waals surface area contributed by atoms with E-state index < -0.39 is 0 Å². The second-order valence-corrected chi connectivity index (χ2v) is 4.88. The molecule has 0 saturated carbocycles. The first-order chi connectivity index (χ1) is 8.09. The van der Waals surface area contributed by atoms with E-state index in [1.807, 2.05) is 11.8 Å². The summed E-state index contributed by atoms with van der Waals surface area (Å²) in [5.41, 5.74) is 0.530. The number of amides is 1.